The number of phenols is 1. The fourth-order valence-electron chi connectivity index (χ4n) is 10.4. The van der Waals surface area contributed by atoms with Crippen LogP contribution in [0.1, 0.15) is 51.4 Å². The van der Waals surface area contributed by atoms with Gasteiger partial charge in [-0.2, -0.15) is 5.01 Å². The summed E-state index contributed by atoms with van der Waals surface area (Å²) in [5, 5.41) is 13.6. The van der Waals surface area contributed by atoms with Gasteiger partial charge in [-0.25, -0.2) is 0 Å². The Morgan fingerprint density at radius 3 is 2.03 bits per heavy atom. The molecular weight excluding hydrogens is 739 g/mol. The van der Waals surface area contributed by atoms with Crippen LogP contribution < -0.4 is 10.3 Å². The number of benzene rings is 6. The number of fused-ring (bicyclic) bond motifs is 5. The molecule has 10 rings (SSSR count). The molecule has 6 aromatic carbocycles. The van der Waals surface area contributed by atoms with Crippen LogP contribution in [0.3, 0.4) is 0 Å². The largest absolute Gasteiger partial charge is 0.507 e. The van der Waals surface area contributed by atoms with E-state index in [9.17, 15) is 19.5 Å². The number of nitrogens with one attached hydrogen (secondary N) is 1. The summed E-state index contributed by atoms with van der Waals surface area (Å²) < 4.78 is 0. The van der Waals surface area contributed by atoms with Gasteiger partial charge in [0.05, 0.1) is 34.5 Å². The Hall–Kier alpha value is -7.13. The van der Waals surface area contributed by atoms with Gasteiger partial charge in [0.1, 0.15) is 5.75 Å². The molecular formula is C50H39N3O6. The van der Waals surface area contributed by atoms with Crippen LogP contribution in [0.15, 0.2) is 157 Å². The van der Waals surface area contributed by atoms with E-state index in [2.05, 4.69) is 5.43 Å². The first-order valence-electron chi connectivity index (χ1n) is 19.9. The molecule has 2 aliphatic carbocycles. The highest BCUT2D eigenvalue weighted by Crippen LogP contribution is 2.65. The summed E-state index contributed by atoms with van der Waals surface area (Å²) in [6.45, 7) is 1.96. The van der Waals surface area contributed by atoms with E-state index in [1.54, 1.807) is 54.6 Å². The molecule has 3 fully saturated rings. The third-order valence-corrected chi connectivity index (χ3v) is 13.1. The van der Waals surface area contributed by atoms with Gasteiger partial charge in [-0.1, -0.05) is 120 Å². The van der Waals surface area contributed by atoms with Crippen LogP contribution in [0.25, 0.3) is 10.8 Å². The zero-order valence-corrected chi connectivity index (χ0v) is 32.1. The lowest BCUT2D eigenvalue weighted by Crippen LogP contribution is -2.53. The molecule has 4 amide bonds. The van der Waals surface area contributed by atoms with E-state index in [0.29, 0.717) is 33.5 Å². The summed E-state index contributed by atoms with van der Waals surface area (Å²) in [4.78, 5) is 74.3. The second kappa shape index (κ2) is 13.8. The molecule has 6 atom stereocenters. The molecule has 1 saturated carbocycles. The number of amides is 4. The zero-order chi connectivity index (χ0) is 40.6. The SMILES string of the molecule is Cc1ccc(NN2C(=O)C3CC4C(=CCC5C(=O)N(c6ccc(C(=O)c7ccccc7)cc6)C(=O)C54)C(c4ccc(O)c5ccccc45)C3(c3ccccc3)C2=O)cc1. The van der Waals surface area contributed by atoms with Crippen LogP contribution >= 0.6 is 0 Å². The molecule has 2 heterocycles. The maximum absolute atomic E-state index is 15.6. The minimum Gasteiger partial charge on any atom is -0.507 e. The number of hydrogen-bond acceptors (Lipinski definition) is 7. The van der Waals surface area contributed by atoms with Crippen LogP contribution in [0.5, 0.6) is 5.75 Å². The summed E-state index contributed by atoms with van der Waals surface area (Å²) in [5.41, 5.74) is 6.88. The molecule has 0 aromatic heterocycles. The molecule has 9 heteroatoms. The van der Waals surface area contributed by atoms with Crippen molar-refractivity contribution in [3.63, 3.8) is 0 Å². The van der Waals surface area contributed by atoms with Gasteiger partial charge in [-0.3, -0.25) is 34.3 Å². The zero-order valence-electron chi connectivity index (χ0n) is 32.1. The van der Waals surface area contributed by atoms with Crippen molar-refractivity contribution in [2.75, 3.05) is 10.3 Å². The Labute approximate surface area is 340 Å². The predicted octanol–water partition coefficient (Wildman–Crippen LogP) is 8.27. The van der Waals surface area contributed by atoms with Crippen molar-refractivity contribution in [3.05, 3.63) is 185 Å². The molecule has 290 valence electrons. The lowest BCUT2D eigenvalue weighted by molar-refractivity contribution is -0.138. The number of phenolic OH excluding ortho intramolecular Hbond substituents is 1. The number of hydrazine groups is 1. The van der Waals surface area contributed by atoms with Gasteiger partial charge in [-0.05, 0) is 84.7 Å². The van der Waals surface area contributed by atoms with Gasteiger partial charge in [-0.15, -0.1) is 0 Å². The maximum Gasteiger partial charge on any atom is 0.260 e. The first kappa shape index (κ1) is 36.2. The number of hydrogen-bond donors (Lipinski definition) is 2. The molecule has 0 spiro atoms. The van der Waals surface area contributed by atoms with Gasteiger partial charge in [0.15, 0.2) is 5.78 Å². The summed E-state index contributed by atoms with van der Waals surface area (Å²) in [7, 11) is 0. The average Bonchev–Trinajstić information content (AvgIpc) is 3.65. The van der Waals surface area contributed by atoms with Crippen molar-refractivity contribution < 1.29 is 29.1 Å². The van der Waals surface area contributed by atoms with Crippen LogP contribution in [0.2, 0.25) is 0 Å². The fourth-order valence-corrected chi connectivity index (χ4v) is 10.4. The van der Waals surface area contributed by atoms with Crippen LogP contribution in [0, 0.1) is 30.6 Å². The topological polar surface area (TPSA) is 124 Å². The number of rotatable bonds is 7. The predicted molar refractivity (Wildman–Crippen MR) is 223 cm³/mol. The standard InChI is InChI=1S/C50H39N3O6/c1-29-16-20-33(21-17-29)51-53-47(57)41-28-40-38(44(50(41,49(53)59)32-12-6-3-7-13-32)37-26-27-42(54)36-15-9-8-14-35(36)37)24-25-39-43(40)48(58)52(46(39)56)34-22-18-31(19-23-34)45(55)30-10-4-2-5-11-30/h2-24,26-27,39-41,43-44,51,54H,25,28H2,1H3. The minimum atomic E-state index is -1.45. The summed E-state index contributed by atoms with van der Waals surface area (Å²) >= 11 is 0. The molecule has 59 heavy (non-hydrogen) atoms. The van der Waals surface area contributed by atoms with E-state index in [1.165, 1.54) is 4.90 Å². The van der Waals surface area contributed by atoms with Gasteiger partial charge in [0.25, 0.3) is 11.8 Å². The summed E-state index contributed by atoms with van der Waals surface area (Å²) in [6, 6.07) is 43.2. The van der Waals surface area contributed by atoms with E-state index in [4.69, 9.17) is 0 Å². The van der Waals surface area contributed by atoms with Crippen molar-refractivity contribution in [3.8, 4) is 5.75 Å². The quantitative estimate of drug-likeness (QED) is 0.0951. The van der Waals surface area contributed by atoms with Crippen molar-refractivity contribution in [1.82, 2.24) is 5.01 Å². The molecule has 2 N–H and O–H groups in total. The van der Waals surface area contributed by atoms with Crippen molar-refractivity contribution >= 4 is 51.6 Å². The third kappa shape index (κ3) is 5.41. The number of carbonyl (C=O) groups excluding carboxylic acids is 5. The van der Waals surface area contributed by atoms with Crippen LogP contribution in [0.4, 0.5) is 11.4 Å². The van der Waals surface area contributed by atoms with Gasteiger partial charge < -0.3 is 5.11 Å². The average molecular weight is 778 g/mol. The number of allylic oxidation sites excluding steroid dienone is 2. The lowest BCUT2D eigenvalue weighted by Gasteiger charge is -2.51. The van der Waals surface area contributed by atoms with Crippen molar-refractivity contribution in [2.45, 2.75) is 31.1 Å². The number of nitrogens with zero attached hydrogens (tertiary/aromatic N) is 2. The molecule has 9 nitrogen and oxygen atoms in total. The van der Waals surface area contributed by atoms with Crippen LogP contribution in [-0.4, -0.2) is 39.5 Å². The Balaban J connectivity index is 1.11. The monoisotopic (exact) mass is 777 g/mol. The van der Waals surface area contributed by atoms with Gasteiger partial charge in [0.2, 0.25) is 11.8 Å². The van der Waals surface area contributed by atoms with Gasteiger partial charge in [0, 0.05) is 22.4 Å². The number of carbonyl (C=O) groups is 5. The first-order chi connectivity index (χ1) is 28.7. The highest BCUT2D eigenvalue weighted by Gasteiger charge is 2.70. The first-order valence-corrected chi connectivity index (χ1v) is 19.9. The second-order valence-corrected chi connectivity index (χ2v) is 16.1. The van der Waals surface area contributed by atoms with E-state index >= 15 is 9.59 Å². The molecule has 4 aliphatic rings. The number of aryl methyl sites for hydroxylation is 1. The molecule has 6 unspecified atom stereocenters. The number of aromatic hydroxyl groups is 1. The van der Waals surface area contributed by atoms with E-state index in [1.807, 2.05) is 104 Å². The number of anilines is 2. The fraction of sp³-hybridized carbons (Fsp3) is 0.180. The molecule has 0 radical (unpaired) electrons. The Morgan fingerprint density at radius 1 is 0.678 bits per heavy atom. The summed E-state index contributed by atoms with van der Waals surface area (Å²) in [6.07, 6.45) is 2.45. The number of ketones is 1. The lowest BCUT2D eigenvalue weighted by atomic mass is 9.49. The van der Waals surface area contributed by atoms with E-state index in [0.717, 1.165) is 27.1 Å². The molecule has 2 aliphatic heterocycles. The van der Waals surface area contributed by atoms with Crippen LogP contribution in [-0.2, 0) is 24.6 Å². The smallest absolute Gasteiger partial charge is 0.260 e. The summed E-state index contributed by atoms with van der Waals surface area (Å²) in [5.74, 6) is -5.33. The van der Waals surface area contributed by atoms with Gasteiger partial charge >= 0.3 is 0 Å². The highest BCUT2D eigenvalue weighted by molar-refractivity contribution is 6.23. The molecule has 0 bridgehead atoms. The van der Waals surface area contributed by atoms with Crippen molar-refractivity contribution in [2.24, 2.45) is 23.7 Å². The highest BCUT2D eigenvalue weighted by atomic mass is 16.3. The normalized spacial score (nSPS) is 24.8. The maximum atomic E-state index is 15.6. The molecule has 2 saturated heterocycles. The Kier molecular flexibility index (Phi) is 8.45. The van der Waals surface area contributed by atoms with Crippen molar-refractivity contribution in [1.29, 1.82) is 0 Å². The Bertz CT molecular complexity index is 2750. The van der Waals surface area contributed by atoms with E-state index < -0.39 is 46.8 Å². The third-order valence-electron chi connectivity index (χ3n) is 13.1. The van der Waals surface area contributed by atoms with E-state index in [-0.39, 0.29) is 36.2 Å². The minimum absolute atomic E-state index is 0.0832. The Morgan fingerprint density at radius 2 is 1.32 bits per heavy atom. The second-order valence-electron chi connectivity index (χ2n) is 16.1. The molecule has 6 aromatic rings. The number of imide groups is 2.